The van der Waals surface area contributed by atoms with Gasteiger partial charge in [-0.3, -0.25) is 4.68 Å². The van der Waals surface area contributed by atoms with E-state index in [1.54, 1.807) is 17.9 Å². The molecule has 2 heterocycles. The highest BCUT2D eigenvalue weighted by Gasteiger charge is 2.31. The molecule has 1 saturated heterocycles. The Kier molecular flexibility index (Phi) is 6.09. The highest BCUT2D eigenvalue weighted by atomic mass is 32.2. The van der Waals surface area contributed by atoms with Crippen LogP contribution in [0.5, 0.6) is 0 Å². The van der Waals surface area contributed by atoms with Crippen LogP contribution in [0, 0.1) is 0 Å². The Balaban J connectivity index is 1.98. The highest BCUT2D eigenvalue weighted by molar-refractivity contribution is 7.99. The predicted molar refractivity (Wildman–Crippen MR) is 86.1 cm³/mol. The number of nitrogens with zero attached hydrogens (tertiary/aromatic N) is 3. The molecule has 0 saturated carbocycles. The van der Waals surface area contributed by atoms with E-state index >= 15 is 0 Å². The second-order valence-electron chi connectivity index (χ2n) is 5.18. The Morgan fingerprint density at radius 1 is 1.57 bits per heavy atom. The minimum absolute atomic E-state index is 0.108. The van der Waals surface area contributed by atoms with Crippen LogP contribution in [0.2, 0.25) is 0 Å². The van der Waals surface area contributed by atoms with Gasteiger partial charge in [0.1, 0.15) is 4.90 Å². The summed E-state index contributed by atoms with van der Waals surface area (Å²) in [6.45, 7) is 4.65. The largest absolute Gasteiger partial charge is 0.317 e. The normalized spacial score (nSPS) is 19.5. The van der Waals surface area contributed by atoms with Gasteiger partial charge in [-0.25, -0.2) is 8.42 Å². The van der Waals surface area contributed by atoms with E-state index in [2.05, 4.69) is 17.3 Å². The lowest BCUT2D eigenvalue weighted by Crippen LogP contribution is -2.36. The lowest BCUT2D eigenvalue weighted by molar-refractivity contribution is 0.394. The number of nitrogens with one attached hydrogen (secondary N) is 1. The van der Waals surface area contributed by atoms with E-state index in [4.69, 9.17) is 0 Å². The van der Waals surface area contributed by atoms with Crippen molar-refractivity contribution in [3.63, 3.8) is 0 Å². The topological polar surface area (TPSA) is 67.2 Å². The van der Waals surface area contributed by atoms with Crippen LogP contribution < -0.4 is 5.32 Å². The molecule has 1 N–H and O–H groups in total. The van der Waals surface area contributed by atoms with E-state index in [0.717, 1.165) is 44.0 Å². The summed E-state index contributed by atoms with van der Waals surface area (Å²) in [5.74, 6) is 1.92. The van der Waals surface area contributed by atoms with Crippen molar-refractivity contribution in [3.8, 4) is 0 Å². The third-order valence-corrected chi connectivity index (χ3v) is 6.70. The van der Waals surface area contributed by atoms with Crippen LogP contribution in [0.15, 0.2) is 17.3 Å². The third kappa shape index (κ3) is 4.21. The summed E-state index contributed by atoms with van der Waals surface area (Å²) in [7, 11) is -1.74. The Morgan fingerprint density at radius 3 is 3.05 bits per heavy atom. The first-order valence-corrected chi connectivity index (χ1v) is 9.94. The van der Waals surface area contributed by atoms with Gasteiger partial charge in [0, 0.05) is 31.6 Å². The standard InChI is InChI=1S/C13H24N4O2S2/c1-3-14-6-4-7-17-10-13(9-15-17)21(18,19)16(2)12-5-8-20-11-12/h9-10,12,14H,3-8,11H2,1-2H3. The molecule has 0 spiro atoms. The van der Waals surface area contributed by atoms with Crippen molar-refractivity contribution in [2.45, 2.75) is 37.2 Å². The predicted octanol–water partition coefficient (Wildman–Crippen LogP) is 1.01. The molecule has 1 fully saturated rings. The Labute approximate surface area is 131 Å². The molecule has 1 atom stereocenters. The molecule has 0 amide bonds. The second kappa shape index (κ2) is 7.62. The molecule has 6 nitrogen and oxygen atoms in total. The van der Waals surface area contributed by atoms with Crippen LogP contribution in [0.1, 0.15) is 19.8 Å². The fraction of sp³-hybridized carbons (Fsp3) is 0.769. The zero-order valence-corrected chi connectivity index (χ0v) is 14.3. The molecular formula is C13H24N4O2S2. The average Bonchev–Trinajstić information content (AvgIpc) is 3.14. The second-order valence-corrected chi connectivity index (χ2v) is 8.33. The maximum absolute atomic E-state index is 12.6. The molecule has 0 radical (unpaired) electrons. The van der Waals surface area contributed by atoms with Crippen LogP contribution >= 0.6 is 11.8 Å². The minimum Gasteiger partial charge on any atom is -0.317 e. The zero-order chi connectivity index (χ0) is 15.3. The van der Waals surface area contributed by atoms with Gasteiger partial charge < -0.3 is 5.32 Å². The summed E-state index contributed by atoms with van der Waals surface area (Å²) in [6, 6.07) is 0.108. The van der Waals surface area contributed by atoms with E-state index in [-0.39, 0.29) is 6.04 Å². The summed E-state index contributed by atoms with van der Waals surface area (Å²) >= 11 is 1.81. The molecule has 0 aliphatic carbocycles. The van der Waals surface area contributed by atoms with E-state index in [0.29, 0.717) is 4.90 Å². The summed E-state index contributed by atoms with van der Waals surface area (Å²) in [6.07, 6.45) is 4.96. The highest BCUT2D eigenvalue weighted by Crippen LogP contribution is 2.25. The van der Waals surface area contributed by atoms with Gasteiger partial charge >= 0.3 is 0 Å². The minimum atomic E-state index is -3.42. The van der Waals surface area contributed by atoms with Crippen molar-refractivity contribution in [2.75, 3.05) is 31.6 Å². The molecule has 0 aromatic carbocycles. The number of thioether (sulfide) groups is 1. The molecule has 8 heteroatoms. The maximum atomic E-state index is 12.6. The first-order valence-electron chi connectivity index (χ1n) is 7.34. The molecule has 1 unspecified atom stereocenters. The summed E-state index contributed by atoms with van der Waals surface area (Å²) in [4.78, 5) is 0.297. The van der Waals surface area contributed by atoms with Crippen molar-refractivity contribution >= 4 is 21.8 Å². The van der Waals surface area contributed by atoms with Crippen molar-refractivity contribution in [2.24, 2.45) is 0 Å². The average molecular weight is 332 g/mol. The molecule has 21 heavy (non-hydrogen) atoms. The Morgan fingerprint density at radius 2 is 2.38 bits per heavy atom. The molecule has 0 bridgehead atoms. The van der Waals surface area contributed by atoms with Crippen molar-refractivity contribution in [3.05, 3.63) is 12.4 Å². The van der Waals surface area contributed by atoms with Crippen LogP contribution in [-0.4, -0.2) is 60.2 Å². The molecule has 1 aromatic heterocycles. The molecule has 1 aliphatic heterocycles. The van der Waals surface area contributed by atoms with E-state index in [9.17, 15) is 8.42 Å². The monoisotopic (exact) mass is 332 g/mol. The van der Waals surface area contributed by atoms with Crippen LogP contribution in [-0.2, 0) is 16.6 Å². The van der Waals surface area contributed by atoms with E-state index in [1.165, 1.54) is 10.5 Å². The Bertz CT molecular complexity index is 538. The lowest BCUT2D eigenvalue weighted by Gasteiger charge is -2.22. The van der Waals surface area contributed by atoms with Crippen molar-refractivity contribution in [1.29, 1.82) is 0 Å². The van der Waals surface area contributed by atoms with Crippen LogP contribution in [0.4, 0.5) is 0 Å². The number of aromatic nitrogens is 2. The molecular weight excluding hydrogens is 308 g/mol. The SMILES string of the molecule is CCNCCCn1cc(S(=O)(=O)N(C)C2CCSC2)cn1. The van der Waals surface area contributed by atoms with Crippen LogP contribution in [0.3, 0.4) is 0 Å². The van der Waals surface area contributed by atoms with Gasteiger partial charge in [-0.1, -0.05) is 6.92 Å². The molecule has 2 rings (SSSR count). The number of aryl methyl sites for hydroxylation is 1. The van der Waals surface area contributed by atoms with Crippen LogP contribution in [0.25, 0.3) is 0 Å². The summed E-state index contributed by atoms with van der Waals surface area (Å²) in [5, 5.41) is 7.41. The van der Waals surface area contributed by atoms with Gasteiger partial charge in [0.15, 0.2) is 0 Å². The van der Waals surface area contributed by atoms with Gasteiger partial charge in [-0.2, -0.15) is 21.2 Å². The summed E-state index contributed by atoms with van der Waals surface area (Å²) in [5.41, 5.74) is 0. The van der Waals surface area contributed by atoms with Crippen molar-refractivity contribution < 1.29 is 8.42 Å². The number of hydrogen-bond acceptors (Lipinski definition) is 5. The molecule has 1 aromatic rings. The molecule has 1 aliphatic rings. The van der Waals surface area contributed by atoms with Crippen molar-refractivity contribution in [1.82, 2.24) is 19.4 Å². The quantitative estimate of drug-likeness (QED) is 0.720. The van der Waals surface area contributed by atoms with Gasteiger partial charge in [0.05, 0.1) is 6.20 Å². The summed E-state index contributed by atoms with van der Waals surface area (Å²) < 4.78 is 28.3. The fourth-order valence-electron chi connectivity index (χ4n) is 2.31. The van der Waals surface area contributed by atoms with Gasteiger partial charge in [-0.15, -0.1) is 0 Å². The van der Waals surface area contributed by atoms with Gasteiger partial charge in [0.2, 0.25) is 10.0 Å². The number of sulfonamides is 1. The smallest absolute Gasteiger partial charge is 0.246 e. The fourth-order valence-corrected chi connectivity index (χ4v) is 5.02. The number of rotatable bonds is 8. The van der Waals surface area contributed by atoms with E-state index in [1.807, 2.05) is 11.8 Å². The molecule has 120 valence electrons. The van der Waals surface area contributed by atoms with E-state index < -0.39 is 10.0 Å². The number of hydrogen-bond donors (Lipinski definition) is 1. The first kappa shape index (κ1) is 16.8. The third-order valence-electron chi connectivity index (χ3n) is 3.70. The first-order chi connectivity index (χ1) is 10.1. The Hall–Kier alpha value is -0.570. The van der Waals surface area contributed by atoms with Gasteiger partial charge in [0.25, 0.3) is 0 Å². The van der Waals surface area contributed by atoms with Gasteiger partial charge in [-0.05, 0) is 31.7 Å². The lowest BCUT2D eigenvalue weighted by atomic mass is 10.3. The maximum Gasteiger partial charge on any atom is 0.246 e. The zero-order valence-electron chi connectivity index (χ0n) is 12.7.